The van der Waals surface area contributed by atoms with Crippen LogP contribution in [0.1, 0.15) is 18.4 Å². The highest BCUT2D eigenvalue weighted by Crippen LogP contribution is 2.16. The first-order valence-corrected chi connectivity index (χ1v) is 5.32. The van der Waals surface area contributed by atoms with Crippen molar-refractivity contribution in [3.8, 4) is 0 Å². The van der Waals surface area contributed by atoms with Crippen molar-refractivity contribution in [2.75, 3.05) is 6.54 Å². The zero-order chi connectivity index (χ0) is 12.7. The maximum absolute atomic E-state index is 10.7. The van der Waals surface area contributed by atoms with Gasteiger partial charge in [0.15, 0.2) is 0 Å². The lowest BCUT2D eigenvalue weighted by Gasteiger charge is -2.04. The summed E-state index contributed by atoms with van der Waals surface area (Å²) < 4.78 is 0. The molecule has 0 fully saturated rings. The number of nitrogens with zero attached hydrogens (tertiary/aromatic N) is 1. The second-order valence-corrected chi connectivity index (χ2v) is 3.63. The van der Waals surface area contributed by atoms with Gasteiger partial charge in [-0.25, -0.2) is 0 Å². The van der Waals surface area contributed by atoms with Gasteiger partial charge < -0.3 is 11.1 Å². The van der Waals surface area contributed by atoms with Gasteiger partial charge in [0.25, 0.3) is 5.69 Å². The molecule has 0 bridgehead atoms. The predicted octanol–water partition coefficient (Wildman–Crippen LogP) is 0.950. The van der Waals surface area contributed by atoms with Gasteiger partial charge in [0.2, 0.25) is 5.91 Å². The van der Waals surface area contributed by atoms with E-state index in [1.54, 1.807) is 18.2 Å². The van der Waals surface area contributed by atoms with E-state index in [1.807, 2.05) is 0 Å². The number of nitrogens with one attached hydrogen (secondary N) is 1. The number of amides is 1. The molecular weight excluding hydrogens is 222 g/mol. The zero-order valence-corrected chi connectivity index (χ0v) is 9.39. The number of hydrogen-bond acceptors (Lipinski definition) is 4. The minimum Gasteiger partial charge on any atom is -0.370 e. The van der Waals surface area contributed by atoms with Crippen LogP contribution in [0.25, 0.3) is 0 Å². The molecule has 0 unspecified atom stereocenters. The van der Waals surface area contributed by atoms with Gasteiger partial charge in [0, 0.05) is 24.6 Å². The van der Waals surface area contributed by atoms with E-state index >= 15 is 0 Å². The second kappa shape index (κ2) is 6.59. The molecule has 3 N–H and O–H groups in total. The SMILES string of the molecule is NC(=O)CCCNCc1ccccc1[N+](=O)[O-]. The fourth-order valence-corrected chi connectivity index (χ4v) is 1.45. The van der Waals surface area contributed by atoms with Crippen molar-refractivity contribution >= 4 is 11.6 Å². The number of rotatable bonds is 7. The summed E-state index contributed by atoms with van der Waals surface area (Å²) in [7, 11) is 0. The van der Waals surface area contributed by atoms with E-state index in [-0.39, 0.29) is 11.6 Å². The van der Waals surface area contributed by atoms with E-state index in [0.717, 1.165) is 0 Å². The van der Waals surface area contributed by atoms with E-state index in [4.69, 9.17) is 5.73 Å². The first-order valence-electron chi connectivity index (χ1n) is 5.32. The Balaban J connectivity index is 2.41. The molecule has 0 aliphatic heterocycles. The Kier molecular flexibility index (Phi) is 5.09. The Hall–Kier alpha value is -1.95. The number of primary amides is 1. The first kappa shape index (κ1) is 13.1. The van der Waals surface area contributed by atoms with Crippen LogP contribution < -0.4 is 11.1 Å². The molecule has 6 nitrogen and oxygen atoms in total. The number of carbonyl (C=O) groups is 1. The summed E-state index contributed by atoms with van der Waals surface area (Å²) in [6.07, 6.45) is 0.958. The van der Waals surface area contributed by atoms with Gasteiger partial charge in [-0.05, 0) is 13.0 Å². The Morgan fingerprint density at radius 1 is 1.41 bits per heavy atom. The van der Waals surface area contributed by atoms with Gasteiger partial charge in [-0.3, -0.25) is 14.9 Å². The van der Waals surface area contributed by atoms with Crippen LogP contribution in [0.4, 0.5) is 5.69 Å². The summed E-state index contributed by atoms with van der Waals surface area (Å²) in [6.45, 7) is 1.02. The van der Waals surface area contributed by atoms with Crippen molar-refractivity contribution in [3.05, 3.63) is 39.9 Å². The molecule has 1 aromatic carbocycles. The predicted molar refractivity (Wildman–Crippen MR) is 63.2 cm³/mol. The van der Waals surface area contributed by atoms with Crippen LogP contribution in [-0.4, -0.2) is 17.4 Å². The molecule has 0 aliphatic carbocycles. The minimum atomic E-state index is -0.402. The summed E-state index contributed by atoms with van der Waals surface area (Å²) in [5.74, 6) is -0.336. The van der Waals surface area contributed by atoms with Crippen molar-refractivity contribution in [3.63, 3.8) is 0 Å². The molecule has 0 radical (unpaired) electrons. The summed E-state index contributed by atoms with van der Waals surface area (Å²) in [6, 6.07) is 6.57. The molecule has 1 amide bonds. The topological polar surface area (TPSA) is 98.3 Å². The van der Waals surface area contributed by atoms with Crippen LogP contribution in [0.3, 0.4) is 0 Å². The number of para-hydroxylation sites is 1. The van der Waals surface area contributed by atoms with Crippen molar-refractivity contribution in [1.82, 2.24) is 5.32 Å². The van der Waals surface area contributed by atoms with Gasteiger partial charge in [-0.2, -0.15) is 0 Å². The van der Waals surface area contributed by atoms with Crippen LogP contribution in [0.2, 0.25) is 0 Å². The third kappa shape index (κ3) is 4.60. The number of nitro benzene ring substituents is 1. The monoisotopic (exact) mass is 237 g/mol. The van der Waals surface area contributed by atoms with Crippen molar-refractivity contribution in [2.24, 2.45) is 5.73 Å². The molecule has 0 atom stereocenters. The first-order chi connectivity index (χ1) is 8.11. The highest BCUT2D eigenvalue weighted by Gasteiger charge is 2.10. The molecule has 0 aromatic heterocycles. The average Bonchev–Trinajstić information content (AvgIpc) is 2.28. The third-order valence-electron chi connectivity index (χ3n) is 2.28. The normalized spacial score (nSPS) is 10.1. The molecule has 0 spiro atoms. The summed E-state index contributed by atoms with van der Waals surface area (Å²) in [5.41, 5.74) is 5.74. The van der Waals surface area contributed by atoms with E-state index in [2.05, 4.69) is 5.32 Å². The number of nitro groups is 1. The number of nitrogens with two attached hydrogens (primary N) is 1. The molecule has 0 saturated carbocycles. The molecule has 92 valence electrons. The number of benzene rings is 1. The lowest BCUT2D eigenvalue weighted by atomic mass is 10.2. The van der Waals surface area contributed by atoms with Crippen molar-refractivity contribution in [2.45, 2.75) is 19.4 Å². The molecular formula is C11H15N3O3. The van der Waals surface area contributed by atoms with Gasteiger partial charge in [0.1, 0.15) is 0 Å². The number of hydrogen-bond donors (Lipinski definition) is 2. The van der Waals surface area contributed by atoms with Gasteiger partial charge >= 0.3 is 0 Å². The summed E-state index contributed by atoms with van der Waals surface area (Å²) >= 11 is 0. The van der Waals surface area contributed by atoms with E-state index in [0.29, 0.717) is 31.5 Å². The molecule has 1 aromatic rings. The van der Waals surface area contributed by atoms with Crippen LogP contribution in [0.15, 0.2) is 24.3 Å². The number of carbonyl (C=O) groups excluding carboxylic acids is 1. The fourth-order valence-electron chi connectivity index (χ4n) is 1.45. The van der Waals surface area contributed by atoms with Crippen molar-refractivity contribution < 1.29 is 9.72 Å². The molecule has 17 heavy (non-hydrogen) atoms. The highest BCUT2D eigenvalue weighted by atomic mass is 16.6. The molecule has 1 rings (SSSR count). The van der Waals surface area contributed by atoms with Crippen LogP contribution >= 0.6 is 0 Å². The molecule has 0 saturated heterocycles. The lowest BCUT2D eigenvalue weighted by molar-refractivity contribution is -0.385. The van der Waals surface area contributed by atoms with Gasteiger partial charge in [0.05, 0.1) is 4.92 Å². The summed E-state index contributed by atoms with van der Waals surface area (Å²) in [4.78, 5) is 20.8. The Bertz CT molecular complexity index is 407. The smallest absolute Gasteiger partial charge is 0.273 e. The molecule has 6 heteroatoms. The third-order valence-corrected chi connectivity index (χ3v) is 2.28. The van der Waals surface area contributed by atoms with Gasteiger partial charge in [-0.1, -0.05) is 18.2 Å². The van der Waals surface area contributed by atoms with E-state index in [1.165, 1.54) is 6.07 Å². The Labute approximate surface area is 99.0 Å². The Morgan fingerprint density at radius 2 is 2.12 bits per heavy atom. The largest absolute Gasteiger partial charge is 0.370 e. The quantitative estimate of drug-likeness (QED) is 0.419. The zero-order valence-electron chi connectivity index (χ0n) is 9.39. The second-order valence-electron chi connectivity index (χ2n) is 3.63. The van der Waals surface area contributed by atoms with Crippen LogP contribution in [-0.2, 0) is 11.3 Å². The van der Waals surface area contributed by atoms with E-state index in [9.17, 15) is 14.9 Å². The molecule has 0 heterocycles. The lowest BCUT2D eigenvalue weighted by Crippen LogP contribution is -2.18. The maximum atomic E-state index is 10.7. The fraction of sp³-hybridized carbons (Fsp3) is 0.364. The van der Waals surface area contributed by atoms with Crippen LogP contribution in [0, 0.1) is 10.1 Å². The maximum Gasteiger partial charge on any atom is 0.273 e. The Morgan fingerprint density at radius 3 is 2.76 bits per heavy atom. The van der Waals surface area contributed by atoms with Crippen molar-refractivity contribution in [1.29, 1.82) is 0 Å². The van der Waals surface area contributed by atoms with E-state index < -0.39 is 4.92 Å². The summed E-state index contributed by atoms with van der Waals surface area (Å²) in [5, 5.41) is 13.8. The molecule has 0 aliphatic rings. The average molecular weight is 237 g/mol. The standard InChI is InChI=1S/C11H15N3O3/c12-11(15)6-3-7-13-8-9-4-1-2-5-10(9)14(16)17/h1-2,4-5,13H,3,6-8H2,(H2,12,15). The van der Waals surface area contributed by atoms with Crippen LogP contribution in [0.5, 0.6) is 0 Å². The minimum absolute atomic E-state index is 0.106. The van der Waals surface area contributed by atoms with Gasteiger partial charge in [-0.15, -0.1) is 0 Å². The highest BCUT2D eigenvalue weighted by molar-refractivity contribution is 5.73.